The van der Waals surface area contributed by atoms with Crippen LogP contribution >= 0.6 is 0 Å². The lowest BCUT2D eigenvalue weighted by Gasteiger charge is -2.45. The molecule has 0 unspecified atom stereocenters. The van der Waals surface area contributed by atoms with E-state index in [4.69, 9.17) is 10.6 Å². The summed E-state index contributed by atoms with van der Waals surface area (Å²) in [4.78, 5) is 54.6. The molecule has 33 heavy (non-hydrogen) atoms. The summed E-state index contributed by atoms with van der Waals surface area (Å²) in [5.41, 5.74) is 3.22. The lowest BCUT2D eigenvalue weighted by molar-refractivity contribution is -0.129. The van der Waals surface area contributed by atoms with E-state index < -0.39 is 58.4 Å². The Balaban J connectivity index is 1.97. The number of aliphatic hydroxyl groups is 2. The SMILES string of the molecule is CO/N=C(/C)c1ccc(O)c2c1C[C@H]1C[C@H]3CC(=O)C(C(N)=O)=C(O)[C@@]3(N=O)C(=O)C1=C2O. The fourth-order valence-electron chi connectivity index (χ4n) is 5.31. The molecule has 1 fully saturated rings. The molecular weight excluding hydrogens is 434 g/mol. The van der Waals surface area contributed by atoms with Gasteiger partial charge in [0.05, 0.1) is 11.3 Å². The van der Waals surface area contributed by atoms with Crippen molar-refractivity contribution in [3.63, 3.8) is 0 Å². The molecule has 3 atom stereocenters. The number of phenols is 1. The molecule has 0 spiro atoms. The van der Waals surface area contributed by atoms with E-state index in [9.17, 15) is 34.6 Å². The summed E-state index contributed by atoms with van der Waals surface area (Å²) < 4.78 is 0. The zero-order chi connectivity index (χ0) is 24.2. The third-order valence-corrected chi connectivity index (χ3v) is 6.71. The van der Waals surface area contributed by atoms with Gasteiger partial charge in [-0.1, -0.05) is 5.16 Å². The van der Waals surface area contributed by atoms with E-state index in [1.807, 2.05) is 0 Å². The van der Waals surface area contributed by atoms with Gasteiger partial charge in [0.2, 0.25) is 11.3 Å². The van der Waals surface area contributed by atoms with Crippen molar-refractivity contribution in [2.24, 2.45) is 27.9 Å². The summed E-state index contributed by atoms with van der Waals surface area (Å²) in [7, 11) is 1.37. The van der Waals surface area contributed by atoms with E-state index in [0.29, 0.717) is 16.8 Å². The molecule has 0 aromatic heterocycles. The van der Waals surface area contributed by atoms with Crippen LogP contribution in [0.1, 0.15) is 36.5 Å². The van der Waals surface area contributed by atoms with E-state index in [1.165, 1.54) is 13.2 Å². The number of primary amides is 1. The minimum absolute atomic E-state index is 0.0114. The monoisotopic (exact) mass is 455 g/mol. The third-order valence-electron chi connectivity index (χ3n) is 6.71. The predicted molar refractivity (Wildman–Crippen MR) is 114 cm³/mol. The normalized spacial score (nSPS) is 27.0. The average Bonchev–Trinajstić information content (AvgIpc) is 2.73. The lowest BCUT2D eigenvalue weighted by Crippen LogP contribution is -2.57. The number of rotatable bonds is 4. The van der Waals surface area contributed by atoms with Crippen LogP contribution < -0.4 is 5.73 Å². The molecule has 1 saturated carbocycles. The second-order valence-corrected chi connectivity index (χ2v) is 8.34. The number of ketones is 2. The topological polar surface area (TPSA) is 189 Å². The zero-order valence-electron chi connectivity index (χ0n) is 17.8. The Labute approximate surface area is 187 Å². The van der Waals surface area contributed by atoms with Gasteiger partial charge in [-0.3, -0.25) is 14.4 Å². The number of hydrogen-bond donors (Lipinski definition) is 4. The number of carbonyl (C=O) groups is 3. The highest BCUT2D eigenvalue weighted by atomic mass is 16.6. The summed E-state index contributed by atoms with van der Waals surface area (Å²) in [6.07, 6.45) is -0.185. The number of benzene rings is 1. The molecule has 11 nitrogen and oxygen atoms in total. The van der Waals surface area contributed by atoms with Crippen LogP contribution in [0.3, 0.4) is 0 Å². The van der Waals surface area contributed by atoms with Gasteiger partial charge in [0, 0.05) is 23.5 Å². The standard InChI is InChI=1S/C22H21N3O8/c1-8(24-33-2)11-3-4-13(26)16-12(11)6-9-5-10-7-14(27)17(21(23)31)20(30)22(10,25-32)19(29)15(9)18(16)28/h3-4,9-10,26,28,30H,5-7H2,1-2H3,(H2,23,31)/b24-8-/t9-,10+,22+/m1/s1. The summed E-state index contributed by atoms with van der Waals surface area (Å²) in [6, 6.07) is 2.93. The molecule has 4 rings (SSSR count). The van der Waals surface area contributed by atoms with Crippen molar-refractivity contribution in [2.75, 3.05) is 7.11 Å². The van der Waals surface area contributed by atoms with Crippen LogP contribution in [-0.4, -0.2) is 51.2 Å². The molecule has 11 heteroatoms. The van der Waals surface area contributed by atoms with Gasteiger partial charge in [-0.2, -0.15) is 0 Å². The summed E-state index contributed by atoms with van der Waals surface area (Å²) >= 11 is 0. The molecule has 1 aromatic rings. The summed E-state index contributed by atoms with van der Waals surface area (Å²) in [5.74, 6) is -6.74. The number of nitrogens with zero attached hydrogens (tertiary/aromatic N) is 2. The quantitative estimate of drug-likeness (QED) is 0.228. The zero-order valence-corrected chi connectivity index (χ0v) is 17.8. The Morgan fingerprint density at radius 3 is 2.52 bits per heavy atom. The molecule has 3 aliphatic carbocycles. The van der Waals surface area contributed by atoms with Crippen LogP contribution in [0.15, 0.2) is 39.4 Å². The van der Waals surface area contributed by atoms with Gasteiger partial charge in [-0.15, -0.1) is 4.91 Å². The van der Waals surface area contributed by atoms with E-state index in [0.717, 1.165) is 0 Å². The van der Waals surface area contributed by atoms with E-state index in [1.54, 1.807) is 13.0 Å². The number of Topliss-reactive ketones (excluding diaryl/α,β-unsaturated/α-hetero) is 2. The van der Waals surface area contributed by atoms with Crippen molar-refractivity contribution < 1.29 is 34.5 Å². The van der Waals surface area contributed by atoms with Gasteiger partial charge in [0.25, 0.3) is 5.91 Å². The number of hydrogen-bond acceptors (Lipinski definition) is 10. The van der Waals surface area contributed by atoms with Gasteiger partial charge >= 0.3 is 0 Å². The van der Waals surface area contributed by atoms with E-state index >= 15 is 0 Å². The van der Waals surface area contributed by atoms with Crippen LogP contribution in [0.25, 0.3) is 5.76 Å². The fraction of sp³-hybridized carbons (Fsp3) is 0.364. The van der Waals surface area contributed by atoms with Gasteiger partial charge < -0.3 is 25.9 Å². The number of aliphatic hydroxyl groups excluding tert-OH is 2. The van der Waals surface area contributed by atoms with E-state index in [2.05, 4.69) is 10.3 Å². The molecule has 0 heterocycles. The smallest absolute Gasteiger partial charge is 0.255 e. The first-order valence-corrected chi connectivity index (χ1v) is 10.1. The second-order valence-electron chi connectivity index (χ2n) is 8.34. The minimum Gasteiger partial charge on any atom is -0.508 e. The number of oxime groups is 1. The van der Waals surface area contributed by atoms with Crippen molar-refractivity contribution in [3.05, 3.63) is 50.6 Å². The first-order valence-electron chi connectivity index (χ1n) is 10.1. The van der Waals surface area contributed by atoms with Crippen molar-refractivity contribution in [2.45, 2.75) is 31.7 Å². The van der Waals surface area contributed by atoms with Crippen LogP contribution in [0.2, 0.25) is 0 Å². The lowest BCUT2D eigenvalue weighted by atomic mass is 9.58. The number of amides is 1. The Hall–Kier alpha value is -4.02. The Morgan fingerprint density at radius 2 is 1.91 bits per heavy atom. The number of phenolic OH excluding ortho intramolecular Hbond substituents is 1. The number of nitroso groups, excluding NO2 is 1. The number of nitrogens with two attached hydrogens (primary N) is 1. The molecule has 0 aliphatic heterocycles. The first kappa shape index (κ1) is 22.2. The first-order chi connectivity index (χ1) is 15.6. The highest BCUT2D eigenvalue weighted by molar-refractivity contribution is 6.23. The molecular formula is C22H21N3O8. The summed E-state index contributed by atoms with van der Waals surface area (Å²) in [5, 5.41) is 39.0. The van der Waals surface area contributed by atoms with Crippen LogP contribution in [0, 0.1) is 16.7 Å². The molecule has 1 aromatic carbocycles. The van der Waals surface area contributed by atoms with Crippen LogP contribution in [0.5, 0.6) is 5.75 Å². The molecule has 172 valence electrons. The van der Waals surface area contributed by atoms with Gasteiger partial charge in [0.1, 0.15) is 30.0 Å². The van der Waals surface area contributed by atoms with Crippen LogP contribution in [0.4, 0.5) is 0 Å². The average molecular weight is 455 g/mol. The highest BCUT2D eigenvalue weighted by Crippen LogP contribution is 2.53. The van der Waals surface area contributed by atoms with E-state index in [-0.39, 0.29) is 29.7 Å². The largest absolute Gasteiger partial charge is 0.508 e. The van der Waals surface area contributed by atoms with Crippen molar-refractivity contribution in [1.29, 1.82) is 0 Å². The Bertz CT molecular complexity index is 1230. The molecule has 0 bridgehead atoms. The number of fused-ring (bicyclic) bond motifs is 3. The molecule has 0 radical (unpaired) electrons. The number of aromatic hydroxyl groups is 1. The van der Waals surface area contributed by atoms with Crippen LogP contribution in [-0.2, 0) is 25.6 Å². The number of carbonyl (C=O) groups excluding carboxylic acids is 3. The van der Waals surface area contributed by atoms with Gasteiger partial charge in [0.15, 0.2) is 5.78 Å². The molecule has 0 saturated heterocycles. The minimum atomic E-state index is -2.46. The predicted octanol–water partition coefficient (Wildman–Crippen LogP) is 1.57. The maximum atomic E-state index is 13.6. The summed E-state index contributed by atoms with van der Waals surface area (Å²) in [6.45, 7) is 1.67. The molecule has 3 aliphatic rings. The maximum Gasteiger partial charge on any atom is 0.255 e. The fourth-order valence-corrected chi connectivity index (χ4v) is 5.31. The highest BCUT2D eigenvalue weighted by Gasteiger charge is 2.63. The van der Waals surface area contributed by atoms with Gasteiger partial charge in [-0.05, 0) is 48.6 Å². The van der Waals surface area contributed by atoms with Crippen molar-refractivity contribution >= 4 is 28.9 Å². The Kier molecular flexibility index (Phi) is 5.07. The molecule has 1 amide bonds. The van der Waals surface area contributed by atoms with Crippen molar-refractivity contribution in [1.82, 2.24) is 0 Å². The second kappa shape index (κ2) is 7.54. The molecule has 5 N–H and O–H groups in total. The van der Waals surface area contributed by atoms with Gasteiger partial charge in [-0.25, -0.2) is 0 Å². The maximum absolute atomic E-state index is 13.6. The Morgan fingerprint density at radius 1 is 1.21 bits per heavy atom. The van der Waals surface area contributed by atoms with Crippen molar-refractivity contribution in [3.8, 4) is 5.75 Å². The third kappa shape index (κ3) is 2.88.